The minimum Gasteiger partial charge on any atom is -0.297 e. The van der Waals surface area contributed by atoms with Gasteiger partial charge in [0.15, 0.2) is 0 Å². The third-order valence-corrected chi connectivity index (χ3v) is 2.71. The highest BCUT2D eigenvalue weighted by Gasteiger charge is 2.28. The van der Waals surface area contributed by atoms with Crippen molar-refractivity contribution in [1.82, 2.24) is 0 Å². The van der Waals surface area contributed by atoms with Crippen LogP contribution in [0.4, 0.5) is 0 Å². The molecule has 1 aliphatic heterocycles. The molecule has 2 atom stereocenters. The predicted molar refractivity (Wildman–Crippen MR) is 34.6 cm³/mol. The van der Waals surface area contributed by atoms with E-state index in [1.54, 1.807) is 0 Å². The van der Waals surface area contributed by atoms with E-state index in [9.17, 15) is 4.57 Å². The lowest BCUT2D eigenvalue weighted by Gasteiger charge is -2.22. The molecule has 0 bridgehead atoms. The Hall–Kier alpha value is 0.440. The van der Waals surface area contributed by atoms with Crippen molar-refractivity contribution in [3.05, 3.63) is 0 Å². The molecule has 1 aliphatic rings. The Balaban J connectivity index is 2.51. The van der Waals surface area contributed by atoms with Crippen LogP contribution in [0.3, 0.4) is 0 Å². The van der Waals surface area contributed by atoms with Crippen LogP contribution in [0.1, 0.15) is 13.3 Å². The fraction of sp³-hybridized carbons (Fsp3) is 1.00. The number of halogens is 1. The van der Waals surface area contributed by atoms with Crippen molar-refractivity contribution in [2.24, 2.45) is 0 Å². The minimum absolute atomic E-state index is 0.0397. The Bertz CT molecular complexity index is 149. The number of rotatable bonds is 0. The van der Waals surface area contributed by atoms with Crippen LogP contribution in [-0.4, -0.2) is 12.7 Å². The summed E-state index contributed by atoms with van der Waals surface area (Å²) in [6, 6.07) is 0. The van der Waals surface area contributed by atoms with Crippen LogP contribution in [0.2, 0.25) is 0 Å². The van der Waals surface area contributed by atoms with Crippen molar-refractivity contribution < 1.29 is 13.6 Å². The quantitative estimate of drug-likeness (QED) is 0.523. The normalized spacial score (nSPS) is 44.9. The highest BCUT2D eigenvalue weighted by atomic mass is 35.7. The van der Waals surface area contributed by atoms with Gasteiger partial charge in [-0.25, -0.2) is 4.57 Å². The first-order chi connectivity index (χ1) is 4.10. The van der Waals surface area contributed by atoms with Crippen LogP contribution in [0.15, 0.2) is 0 Å². The van der Waals surface area contributed by atoms with Gasteiger partial charge >= 0.3 is 6.95 Å². The molecule has 0 unspecified atom stereocenters. The van der Waals surface area contributed by atoms with Gasteiger partial charge in [-0.3, -0.25) is 9.05 Å². The molecule has 1 heterocycles. The Morgan fingerprint density at radius 3 is 2.78 bits per heavy atom. The number of hydrogen-bond acceptors (Lipinski definition) is 3. The van der Waals surface area contributed by atoms with Crippen LogP contribution in [0, 0.1) is 0 Å². The molecule has 0 aliphatic carbocycles. The first-order valence-corrected chi connectivity index (χ1v) is 5.17. The van der Waals surface area contributed by atoms with Crippen LogP contribution >= 0.6 is 18.2 Å². The molecular formula is C4H8ClO3P. The molecule has 0 radical (unpaired) electrons. The van der Waals surface area contributed by atoms with Gasteiger partial charge in [0.25, 0.3) is 0 Å². The Kier molecular flexibility index (Phi) is 2.17. The largest absolute Gasteiger partial charge is 0.424 e. The van der Waals surface area contributed by atoms with Crippen molar-refractivity contribution in [2.75, 3.05) is 6.61 Å². The van der Waals surface area contributed by atoms with Crippen molar-refractivity contribution in [3.63, 3.8) is 0 Å². The maximum Gasteiger partial charge on any atom is 0.424 e. The second kappa shape index (κ2) is 2.59. The van der Waals surface area contributed by atoms with Crippen molar-refractivity contribution in [1.29, 1.82) is 0 Å². The monoisotopic (exact) mass is 170 g/mol. The lowest BCUT2D eigenvalue weighted by atomic mass is 10.3. The Morgan fingerprint density at radius 2 is 2.44 bits per heavy atom. The average Bonchev–Trinajstić information content (AvgIpc) is 1.60. The van der Waals surface area contributed by atoms with Crippen LogP contribution in [-0.2, 0) is 13.6 Å². The summed E-state index contributed by atoms with van der Waals surface area (Å²) in [5.41, 5.74) is 0. The molecule has 3 nitrogen and oxygen atoms in total. The van der Waals surface area contributed by atoms with Gasteiger partial charge in [-0.2, -0.15) is 0 Å². The van der Waals surface area contributed by atoms with Crippen molar-refractivity contribution in [3.8, 4) is 0 Å². The standard InChI is InChI=1S/C4H8ClO3P/c1-4-2-3-7-9(5,6)8-4/h4H,2-3H2,1H3/t4-,9-/m1/s1. The third kappa shape index (κ3) is 2.26. The fourth-order valence-corrected chi connectivity index (χ4v) is 2.16. The minimum atomic E-state index is -3.17. The van der Waals surface area contributed by atoms with Gasteiger partial charge in [0.1, 0.15) is 0 Å². The summed E-state index contributed by atoms with van der Waals surface area (Å²) in [4.78, 5) is 0. The Labute approximate surface area is 58.6 Å². The van der Waals surface area contributed by atoms with E-state index >= 15 is 0 Å². The molecule has 9 heavy (non-hydrogen) atoms. The van der Waals surface area contributed by atoms with Crippen molar-refractivity contribution >= 4 is 18.2 Å². The van der Waals surface area contributed by atoms with E-state index in [1.165, 1.54) is 0 Å². The van der Waals surface area contributed by atoms with E-state index in [-0.39, 0.29) is 6.10 Å². The van der Waals surface area contributed by atoms with Gasteiger partial charge in [-0.05, 0) is 13.3 Å². The van der Waals surface area contributed by atoms with Crippen LogP contribution < -0.4 is 0 Å². The first-order valence-electron chi connectivity index (χ1n) is 2.73. The third-order valence-electron chi connectivity index (χ3n) is 1.08. The molecule has 1 rings (SSSR count). The molecule has 5 heteroatoms. The zero-order valence-electron chi connectivity index (χ0n) is 5.04. The molecule has 0 aromatic carbocycles. The summed E-state index contributed by atoms with van der Waals surface area (Å²) in [6.07, 6.45) is 0.721. The lowest BCUT2D eigenvalue weighted by molar-refractivity contribution is 0.103. The molecule has 1 fully saturated rings. The van der Waals surface area contributed by atoms with E-state index in [2.05, 4.69) is 4.52 Å². The molecule has 0 spiro atoms. The van der Waals surface area contributed by atoms with E-state index in [0.29, 0.717) is 6.61 Å². The summed E-state index contributed by atoms with van der Waals surface area (Å²) in [6.45, 7) is -0.921. The summed E-state index contributed by atoms with van der Waals surface area (Å²) < 4.78 is 20.2. The molecule has 0 aromatic rings. The SMILES string of the molecule is C[C@@H]1CCO[P@](=O)(Cl)O1. The second-order valence-electron chi connectivity index (χ2n) is 1.97. The van der Waals surface area contributed by atoms with E-state index < -0.39 is 6.95 Å². The fourth-order valence-electron chi connectivity index (χ4n) is 0.626. The first kappa shape index (κ1) is 7.55. The van der Waals surface area contributed by atoms with E-state index in [0.717, 1.165) is 6.42 Å². The van der Waals surface area contributed by atoms with Crippen LogP contribution in [0.5, 0.6) is 0 Å². The molecule has 0 N–H and O–H groups in total. The maximum absolute atomic E-state index is 10.8. The topological polar surface area (TPSA) is 35.5 Å². The molecule has 0 saturated carbocycles. The summed E-state index contributed by atoms with van der Waals surface area (Å²) >= 11 is 5.28. The zero-order valence-corrected chi connectivity index (χ0v) is 6.69. The van der Waals surface area contributed by atoms with Gasteiger partial charge < -0.3 is 0 Å². The smallest absolute Gasteiger partial charge is 0.297 e. The summed E-state index contributed by atoms with van der Waals surface area (Å²) in [7, 11) is 0. The van der Waals surface area contributed by atoms with E-state index in [1.807, 2.05) is 6.92 Å². The molecule has 1 saturated heterocycles. The highest BCUT2D eigenvalue weighted by molar-refractivity contribution is 7.81. The molecule has 0 amide bonds. The van der Waals surface area contributed by atoms with Crippen molar-refractivity contribution in [2.45, 2.75) is 19.4 Å². The summed E-state index contributed by atoms with van der Waals surface area (Å²) in [5.74, 6) is 0. The van der Waals surface area contributed by atoms with Gasteiger partial charge in [-0.15, -0.1) is 0 Å². The predicted octanol–water partition coefficient (Wildman–Crippen LogP) is 2.16. The van der Waals surface area contributed by atoms with Gasteiger partial charge in [0.2, 0.25) is 0 Å². The van der Waals surface area contributed by atoms with Gasteiger partial charge in [0.05, 0.1) is 12.7 Å². The average molecular weight is 171 g/mol. The summed E-state index contributed by atoms with van der Waals surface area (Å²) in [5, 5.41) is 0. The van der Waals surface area contributed by atoms with E-state index in [4.69, 9.17) is 15.8 Å². The Morgan fingerprint density at radius 1 is 1.78 bits per heavy atom. The molecule has 54 valence electrons. The molecule has 0 aromatic heterocycles. The van der Waals surface area contributed by atoms with Gasteiger partial charge in [-0.1, -0.05) is 0 Å². The maximum atomic E-state index is 10.8. The highest BCUT2D eigenvalue weighted by Crippen LogP contribution is 2.56. The van der Waals surface area contributed by atoms with Crippen LogP contribution in [0.25, 0.3) is 0 Å². The lowest BCUT2D eigenvalue weighted by Crippen LogP contribution is -2.14. The number of hydrogen-bond donors (Lipinski definition) is 0. The zero-order chi connectivity index (χ0) is 6.91. The molecular weight excluding hydrogens is 162 g/mol. The van der Waals surface area contributed by atoms with Gasteiger partial charge in [0, 0.05) is 11.2 Å². The second-order valence-corrected chi connectivity index (χ2v) is 4.54.